The van der Waals surface area contributed by atoms with Gasteiger partial charge in [0.2, 0.25) is 0 Å². The van der Waals surface area contributed by atoms with Crippen LogP contribution >= 0.6 is 0 Å². The van der Waals surface area contributed by atoms with Gasteiger partial charge >= 0.3 is 12.1 Å². The lowest BCUT2D eigenvalue weighted by atomic mass is 10.1. The van der Waals surface area contributed by atoms with Crippen LogP contribution in [0, 0.1) is 0 Å². The molecular formula is C30H38N4O6. The molecular weight excluding hydrogens is 512 g/mol. The van der Waals surface area contributed by atoms with Crippen LogP contribution in [0.4, 0.5) is 9.59 Å². The van der Waals surface area contributed by atoms with E-state index >= 15 is 0 Å². The molecule has 2 N–H and O–H groups in total. The molecule has 6 rings (SSSR count). The number of ether oxygens (including phenoxy) is 4. The third-order valence-corrected chi connectivity index (χ3v) is 8.44. The predicted molar refractivity (Wildman–Crippen MR) is 148 cm³/mol. The Morgan fingerprint density at radius 1 is 0.625 bits per heavy atom. The standard InChI is InChI=1S/C30H38N4O6/c1-37-25-13-11-19(15-27(25)39-21-7-3-4-8-21)23-17-33(29(35)31-23)34-18-24(32-30(34)36)20-12-14-26(38-2)28(16-20)40-22-9-5-6-10-22/h11-16,21-24H,3-10,17-18H2,1-2H3,(H,31,35)(H,32,36). The summed E-state index contributed by atoms with van der Waals surface area (Å²) >= 11 is 0. The van der Waals surface area contributed by atoms with Crippen molar-refractivity contribution in [3.63, 3.8) is 0 Å². The number of hydrogen-bond acceptors (Lipinski definition) is 6. The van der Waals surface area contributed by atoms with Crippen LogP contribution in [0.5, 0.6) is 23.0 Å². The zero-order valence-electron chi connectivity index (χ0n) is 23.2. The van der Waals surface area contributed by atoms with Crippen molar-refractivity contribution >= 4 is 12.1 Å². The van der Waals surface area contributed by atoms with Gasteiger partial charge in [-0.1, -0.05) is 12.1 Å². The molecule has 214 valence electrons. The quantitative estimate of drug-likeness (QED) is 0.451. The Labute approximate surface area is 234 Å². The summed E-state index contributed by atoms with van der Waals surface area (Å²) in [5, 5.41) is 9.03. The lowest BCUT2D eigenvalue weighted by Crippen LogP contribution is -2.46. The van der Waals surface area contributed by atoms with Gasteiger partial charge < -0.3 is 29.6 Å². The van der Waals surface area contributed by atoms with Gasteiger partial charge in [-0.05, 0) is 86.8 Å². The third kappa shape index (κ3) is 5.31. The van der Waals surface area contributed by atoms with Gasteiger partial charge in [0.15, 0.2) is 23.0 Å². The zero-order chi connectivity index (χ0) is 27.6. The molecule has 40 heavy (non-hydrogen) atoms. The predicted octanol–water partition coefficient (Wildman–Crippen LogP) is 5.09. The van der Waals surface area contributed by atoms with Crippen molar-refractivity contribution in [3.05, 3.63) is 47.5 Å². The highest BCUT2D eigenvalue weighted by molar-refractivity contribution is 5.83. The molecule has 4 fully saturated rings. The lowest BCUT2D eigenvalue weighted by molar-refractivity contribution is 0.0793. The maximum absolute atomic E-state index is 13.1. The van der Waals surface area contributed by atoms with Crippen LogP contribution in [0.25, 0.3) is 0 Å². The second-order valence-corrected chi connectivity index (χ2v) is 11.0. The van der Waals surface area contributed by atoms with Gasteiger partial charge in [-0.25, -0.2) is 19.6 Å². The van der Waals surface area contributed by atoms with Crippen molar-refractivity contribution in [1.29, 1.82) is 0 Å². The van der Waals surface area contributed by atoms with Crippen LogP contribution < -0.4 is 29.6 Å². The highest BCUT2D eigenvalue weighted by Gasteiger charge is 2.41. The number of carbonyl (C=O) groups is 2. The second kappa shape index (κ2) is 11.3. The molecule has 0 bridgehead atoms. The summed E-state index contributed by atoms with van der Waals surface area (Å²) in [6.07, 6.45) is 9.20. The Morgan fingerprint density at radius 2 is 1.02 bits per heavy atom. The maximum atomic E-state index is 13.1. The minimum atomic E-state index is -0.310. The molecule has 0 radical (unpaired) electrons. The molecule has 0 spiro atoms. The molecule has 2 saturated carbocycles. The second-order valence-electron chi connectivity index (χ2n) is 11.0. The first kappa shape index (κ1) is 26.4. The number of carbonyl (C=O) groups excluding carboxylic acids is 2. The van der Waals surface area contributed by atoms with E-state index in [1.165, 1.54) is 35.7 Å². The number of hydrogen-bond donors (Lipinski definition) is 2. The summed E-state index contributed by atoms with van der Waals surface area (Å²) < 4.78 is 23.6. The summed E-state index contributed by atoms with van der Waals surface area (Å²) in [6, 6.07) is 10.3. The summed E-state index contributed by atoms with van der Waals surface area (Å²) in [4.78, 5) is 26.1. The minimum Gasteiger partial charge on any atom is -0.493 e. The van der Waals surface area contributed by atoms with Crippen LogP contribution in [0.1, 0.15) is 74.6 Å². The lowest BCUT2D eigenvalue weighted by Gasteiger charge is -2.25. The molecule has 10 nitrogen and oxygen atoms in total. The topological polar surface area (TPSA) is 102 Å². The van der Waals surface area contributed by atoms with E-state index in [4.69, 9.17) is 18.9 Å². The van der Waals surface area contributed by atoms with Gasteiger partial charge in [-0.3, -0.25) is 0 Å². The average molecular weight is 551 g/mol. The van der Waals surface area contributed by atoms with Crippen molar-refractivity contribution < 1.29 is 28.5 Å². The summed E-state index contributed by atoms with van der Waals surface area (Å²) in [5.41, 5.74) is 1.81. The van der Waals surface area contributed by atoms with E-state index in [9.17, 15) is 9.59 Å². The fourth-order valence-electron chi connectivity index (χ4n) is 6.22. The molecule has 2 saturated heterocycles. The number of urea groups is 2. The van der Waals surface area contributed by atoms with E-state index in [0.717, 1.165) is 36.8 Å². The van der Waals surface area contributed by atoms with Crippen LogP contribution in [0.15, 0.2) is 36.4 Å². The molecule has 4 amide bonds. The fraction of sp³-hybridized carbons (Fsp3) is 0.533. The van der Waals surface area contributed by atoms with Crippen LogP contribution in [0.3, 0.4) is 0 Å². The first-order chi connectivity index (χ1) is 19.5. The first-order valence-electron chi connectivity index (χ1n) is 14.4. The smallest absolute Gasteiger partial charge is 0.336 e. The minimum absolute atomic E-state index is 0.186. The largest absolute Gasteiger partial charge is 0.493 e. The molecule has 2 atom stereocenters. The van der Waals surface area contributed by atoms with E-state index in [-0.39, 0.29) is 36.4 Å². The molecule has 0 aromatic heterocycles. The molecule has 4 aliphatic rings. The third-order valence-electron chi connectivity index (χ3n) is 8.44. The van der Waals surface area contributed by atoms with Gasteiger partial charge in [0.25, 0.3) is 0 Å². The van der Waals surface area contributed by atoms with Crippen LogP contribution in [0.2, 0.25) is 0 Å². The summed E-state index contributed by atoms with van der Waals surface area (Å²) in [5.74, 6) is 2.73. The molecule has 2 aromatic rings. The Kier molecular flexibility index (Phi) is 7.49. The Morgan fingerprint density at radius 3 is 1.40 bits per heavy atom. The molecule has 2 aromatic carbocycles. The zero-order valence-corrected chi connectivity index (χ0v) is 23.2. The van der Waals surface area contributed by atoms with Gasteiger partial charge in [-0.15, -0.1) is 0 Å². The van der Waals surface area contributed by atoms with Gasteiger partial charge in [0.1, 0.15) is 0 Å². The molecule has 2 aliphatic heterocycles. The number of amides is 4. The van der Waals surface area contributed by atoms with E-state index in [1.54, 1.807) is 14.2 Å². The molecule has 2 heterocycles. The Bertz CT molecular complexity index is 1150. The number of hydrazine groups is 1. The maximum Gasteiger partial charge on any atom is 0.336 e. The average Bonchev–Trinajstić information content (AvgIpc) is 3.78. The van der Waals surface area contributed by atoms with Crippen molar-refractivity contribution in [2.24, 2.45) is 0 Å². The van der Waals surface area contributed by atoms with Crippen molar-refractivity contribution in [2.45, 2.75) is 75.7 Å². The van der Waals surface area contributed by atoms with E-state index < -0.39 is 0 Å². The number of nitrogens with one attached hydrogen (secondary N) is 2. The van der Waals surface area contributed by atoms with Crippen molar-refractivity contribution in [2.75, 3.05) is 27.3 Å². The summed E-state index contributed by atoms with van der Waals surface area (Å²) in [6.45, 7) is 0.652. The Hall–Kier alpha value is -3.82. The van der Waals surface area contributed by atoms with Crippen molar-refractivity contribution in [3.8, 4) is 23.0 Å². The number of methoxy groups -OCH3 is 2. The van der Waals surface area contributed by atoms with Gasteiger partial charge in [-0.2, -0.15) is 0 Å². The van der Waals surface area contributed by atoms with Gasteiger partial charge in [0.05, 0.1) is 51.6 Å². The van der Waals surface area contributed by atoms with E-state index in [2.05, 4.69) is 10.6 Å². The number of rotatable bonds is 9. The SMILES string of the molecule is COc1ccc(C2CN(N3CC(c4ccc(OC)c(OC5CCCC5)c4)NC3=O)C(=O)N2)cc1OC1CCCC1. The molecule has 2 aliphatic carbocycles. The fourth-order valence-corrected chi connectivity index (χ4v) is 6.22. The van der Waals surface area contributed by atoms with E-state index in [1.807, 2.05) is 36.4 Å². The van der Waals surface area contributed by atoms with Crippen LogP contribution in [-0.2, 0) is 0 Å². The highest BCUT2D eigenvalue weighted by Crippen LogP contribution is 2.37. The number of benzene rings is 2. The Balaban J connectivity index is 1.15. The van der Waals surface area contributed by atoms with Crippen LogP contribution in [-0.4, -0.2) is 61.6 Å². The summed E-state index contributed by atoms with van der Waals surface area (Å²) in [7, 11) is 3.26. The first-order valence-corrected chi connectivity index (χ1v) is 14.4. The van der Waals surface area contributed by atoms with Gasteiger partial charge in [0, 0.05) is 0 Å². The molecule has 10 heteroatoms. The van der Waals surface area contributed by atoms with E-state index in [0.29, 0.717) is 36.1 Å². The normalized spacial score (nSPS) is 23.4. The molecule has 2 unspecified atom stereocenters. The monoisotopic (exact) mass is 550 g/mol. The number of nitrogens with zero attached hydrogens (tertiary/aromatic N) is 2. The van der Waals surface area contributed by atoms with Crippen molar-refractivity contribution in [1.82, 2.24) is 20.7 Å². The highest BCUT2D eigenvalue weighted by atomic mass is 16.5.